The van der Waals surface area contributed by atoms with Crippen LogP contribution in [0.15, 0.2) is 12.1 Å². The number of nitrogens with one attached hydrogen (secondary N) is 2. The number of amides is 2. The Morgan fingerprint density at radius 2 is 1.72 bits per heavy atom. The molecule has 0 saturated carbocycles. The van der Waals surface area contributed by atoms with Crippen LogP contribution in [0.1, 0.15) is 58.8 Å². The number of rotatable bonds is 11. The molecule has 3 N–H and O–H groups in total. The van der Waals surface area contributed by atoms with E-state index in [1.54, 1.807) is 46.8 Å². The van der Waals surface area contributed by atoms with Crippen LogP contribution in [0.3, 0.4) is 0 Å². The second kappa shape index (κ2) is 12.0. The number of ether oxygens (including phenoxy) is 3. The van der Waals surface area contributed by atoms with Crippen molar-refractivity contribution in [2.45, 2.75) is 84.7 Å². The van der Waals surface area contributed by atoms with Gasteiger partial charge in [-0.05, 0) is 61.3 Å². The zero-order chi connectivity index (χ0) is 24.5. The summed E-state index contributed by atoms with van der Waals surface area (Å²) in [5.41, 5.74) is -0.00000241. The summed E-state index contributed by atoms with van der Waals surface area (Å²) in [5, 5.41) is 16.3. The normalized spacial score (nSPS) is 13.8. The number of hydrogen-bond acceptors (Lipinski definition) is 7. The van der Waals surface area contributed by atoms with E-state index in [-0.39, 0.29) is 12.5 Å². The van der Waals surface area contributed by atoms with Gasteiger partial charge in [-0.15, -0.1) is 0 Å². The van der Waals surface area contributed by atoms with Crippen LogP contribution < -0.4 is 15.4 Å². The van der Waals surface area contributed by atoms with Gasteiger partial charge in [0.25, 0.3) is 5.91 Å². The highest BCUT2D eigenvalue weighted by atomic mass is 16.6. The first-order valence-corrected chi connectivity index (χ1v) is 10.8. The van der Waals surface area contributed by atoms with Crippen molar-refractivity contribution in [3.05, 3.63) is 23.5 Å². The van der Waals surface area contributed by atoms with E-state index in [1.807, 2.05) is 13.8 Å². The SMILES string of the molecule is COC(C)(C)C(=O)N[C@@H](CCCNC(=O)OC(C)(C)C)C(O)COc1cc(C)nc(C)c1. The topological polar surface area (TPSA) is 119 Å². The minimum Gasteiger partial charge on any atom is -0.491 e. The van der Waals surface area contributed by atoms with Crippen LogP contribution in [-0.2, 0) is 14.3 Å². The molecule has 0 aliphatic heterocycles. The summed E-state index contributed by atoms with van der Waals surface area (Å²) in [7, 11) is 1.45. The number of hydrogen-bond donors (Lipinski definition) is 3. The maximum absolute atomic E-state index is 12.6. The molecule has 182 valence electrons. The van der Waals surface area contributed by atoms with E-state index in [0.717, 1.165) is 11.4 Å². The summed E-state index contributed by atoms with van der Waals surface area (Å²) >= 11 is 0. The first-order valence-electron chi connectivity index (χ1n) is 10.8. The molecule has 9 heteroatoms. The molecular formula is C23H39N3O6. The maximum atomic E-state index is 12.6. The second-order valence-electron chi connectivity index (χ2n) is 9.33. The minimum absolute atomic E-state index is 0.0131. The quantitative estimate of drug-likeness (QED) is 0.441. The Hall–Kier alpha value is -2.39. The van der Waals surface area contributed by atoms with Crippen molar-refractivity contribution in [1.82, 2.24) is 15.6 Å². The zero-order valence-corrected chi connectivity index (χ0v) is 20.6. The van der Waals surface area contributed by atoms with Crippen LogP contribution in [-0.4, -0.2) is 65.7 Å². The molecule has 1 aromatic rings. The van der Waals surface area contributed by atoms with Gasteiger partial charge in [0.05, 0.1) is 6.04 Å². The van der Waals surface area contributed by atoms with Gasteiger partial charge < -0.3 is 30.0 Å². The number of aliphatic hydroxyl groups is 1. The van der Waals surface area contributed by atoms with E-state index >= 15 is 0 Å². The van der Waals surface area contributed by atoms with Crippen molar-refractivity contribution < 1.29 is 28.9 Å². The molecule has 1 aromatic heterocycles. The summed E-state index contributed by atoms with van der Waals surface area (Å²) < 4.78 is 16.2. The lowest BCUT2D eigenvalue weighted by Gasteiger charge is -2.29. The molecule has 2 amide bonds. The van der Waals surface area contributed by atoms with Gasteiger partial charge in [-0.3, -0.25) is 9.78 Å². The van der Waals surface area contributed by atoms with Crippen LogP contribution in [0.25, 0.3) is 0 Å². The van der Waals surface area contributed by atoms with Gasteiger partial charge in [-0.25, -0.2) is 4.79 Å². The van der Waals surface area contributed by atoms with Gasteiger partial charge in [0.1, 0.15) is 29.7 Å². The molecule has 9 nitrogen and oxygen atoms in total. The van der Waals surface area contributed by atoms with E-state index in [2.05, 4.69) is 15.6 Å². The number of pyridine rings is 1. The number of carbonyl (C=O) groups is 2. The van der Waals surface area contributed by atoms with E-state index in [1.165, 1.54) is 7.11 Å². The van der Waals surface area contributed by atoms with E-state index in [9.17, 15) is 14.7 Å². The molecule has 0 aliphatic rings. The number of aryl methyl sites for hydroxylation is 2. The molecular weight excluding hydrogens is 414 g/mol. The maximum Gasteiger partial charge on any atom is 0.407 e. The number of nitrogens with zero attached hydrogens (tertiary/aromatic N) is 1. The fourth-order valence-corrected chi connectivity index (χ4v) is 2.80. The average Bonchev–Trinajstić information content (AvgIpc) is 2.66. The fourth-order valence-electron chi connectivity index (χ4n) is 2.80. The smallest absolute Gasteiger partial charge is 0.407 e. The number of carbonyl (C=O) groups excluding carboxylic acids is 2. The lowest BCUT2D eigenvalue weighted by Crippen LogP contribution is -2.53. The Kier molecular flexibility index (Phi) is 10.4. The molecule has 0 aromatic carbocycles. The van der Waals surface area contributed by atoms with Crippen LogP contribution in [0, 0.1) is 13.8 Å². The predicted molar refractivity (Wildman–Crippen MR) is 122 cm³/mol. The number of methoxy groups -OCH3 is 1. The highest BCUT2D eigenvalue weighted by Gasteiger charge is 2.31. The summed E-state index contributed by atoms with van der Waals surface area (Å²) in [6.07, 6.45) is -0.546. The first-order chi connectivity index (χ1) is 14.7. The average molecular weight is 454 g/mol. The second-order valence-corrected chi connectivity index (χ2v) is 9.33. The Balaban J connectivity index is 2.72. The van der Waals surface area contributed by atoms with Crippen molar-refractivity contribution in [3.63, 3.8) is 0 Å². The van der Waals surface area contributed by atoms with Crippen molar-refractivity contribution in [2.24, 2.45) is 0 Å². The predicted octanol–water partition coefficient (Wildman–Crippen LogP) is 2.65. The van der Waals surface area contributed by atoms with Gasteiger partial charge in [0.2, 0.25) is 0 Å². The highest BCUT2D eigenvalue weighted by molar-refractivity contribution is 5.84. The lowest BCUT2D eigenvalue weighted by molar-refractivity contribution is -0.141. The van der Waals surface area contributed by atoms with Gasteiger partial charge in [0.15, 0.2) is 0 Å². The number of alkyl carbamates (subject to hydrolysis) is 1. The zero-order valence-electron chi connectivity index (χ0n) is 20.6. The van der Waals surface area contributed by atoms with Gasteiger partial charge in [0, 0.05) is 37.2 Å². The standard InChI is InChI=1S/C23H39N3O6/c1-15-12-17(13-16(2)25-15)31-14-19(27)18(26-20(28)23(6,7)30-8)10-9-11-24-21(29)32-22(3,4)5/h12-13,18-19,27H,9-11,14H2,1-8H3,(H,24,29)(H,26,28)/t18-,19?/m0/s1. The third kappa shape index (κ3) is 10.3. The minimum atomic E-state index is -1.05. The third-order valence-electron chi connectivity index (χ3n) is 4.67. The molecule has 0 aliphatic carbocycles. The van der Waals surface area contributed by atoms with Crippen LogP contribution in [0.4, 0.5) is 4.79 Å². The molecule has 0 bridgehead atoms. The van der Waals surface area contributed by atoms with Crippen molar-refractivity contribution in [1.29, 1.82) is 0 Å². The van der Waals surface area contributed by atoms with E-state index in [0.29, 0.717) is 25.1 Å². The summed E-state index contributed by atoms with van der Waals surface area (Å²) in [6.45, 7) is 12.7. The Morgan fingerprint density at radius 1 is 1.12 bits per heavy atom. The van der Waals surface area contributed by atoms with Crippen molar-refractivity contribution >= 4 is 12.0 Å². The monoisotopic (exact) mass is 453 g/mol. The van der Waals surface area contributed by atoms with Crippen molar-refractivity contribution in [2.75, 3.05) is 20.3 Å². The van der Waals surface area contributed by atoms with Crippen LogP contribution in [0.5, 0.6) is 5.75 Å². The Bertz CT molecular complexity index is 740. The molecule has 2 atom stereocenters. The molecule has 1 rings (SSSR count). The van der Waals surface area contributed by atoms with Crippen LogP contribution >= 0.6 is 0 Å². The molecule has 32 heavy (non-hydrogen) atoms. The molecule has 1 unspecified atom stereocenters. The molecule has 1 heterocycles. The lowest BCUT2D eigenvalue weighted by atomic mass is 10.0. The summed E-state index contributed by atoms with van der Waals surface area (Å²) in [6, 6.07) is 2.97. The largest absolute Gasteiger partial charge is 0.491 e. The van der Waals surface area contributed by atoms with Crippen LogP contribution in [0.2, 0.25) is 0 Å². The highest BCUT2D eigenvalue weighted by Crippen LogP contribution is 2.16. The Labute approximate surface area is 191 Å². The number of aromatic nitrogens is 1. The van der Waals surface area contributed by atoms with Crippen molar-refractivity contribution in [3.8, 4) is 5.75 Å². The molecule has 0 spiro atoms. The summed E-state index contributed by atoms with van der Waals surface area (Å²) in [4.78, 5) is 28.7. The van der Waals surface area contributed by atoms with E-state index in [4.69, 9.17) is 14.2 Å². The number of aliphatic hydroxyl groups excluding tert-OH is 1. The molecule has 0 fully saturated rings. The van der Waals surface area contributed by atoms with Gasteiger partial charge in [-0.1, -0.05) is 0 Å². The molecule has 0 radical (unpaired) electrons. The first kappa shape index (κ1) is 27.6. The third-order valence-corrected chi connectivity index (χ3v) is 4.67. The van der Waals surface area contributed by atoms with E-state index < -0.39 is 29.4 Å². The fraction of sp³-hybridized carbons (Fsp3) is 0.696. The summed E-state index contributed by atoms with van der Waals surface area (Å²) in [5.74, 6) is 0.252. The van der Waals surface area contributed by atoms with Gasteiger partial charge >= 0.3 is 6.09 Å². The molecule has 0 saturated heterocycles. The Morgan fingerprint density at radius 3 is 2.25 bits per heavy atom. The van der Waals surface area contributed by atoms with Gasteiger partial charge in [-0.2, -0.15) is 0 Å².